The number of carboxylic acid groups (broad SMARTS) is 1. The first kappa shape index (κ1) is 24.6. The third-order valence-electron chi connectivity index (χ3n) is 7.59. The van der Waals surface area contributed by atoms with Crippen molar-refractivity contribution in [1.82, 2.24) is 9.88 Å². The lowest BCUT2D eigenvalue weighted by atomic mass is 9.93. The van der Waals surface area contributed by atoms with Gasteiger partial charge in [0.2, 0.25) is 5.91 Å². The van der Waals surface area contributed by atoms with Gasteiger partial charge in [0.05, 0.1) is 18.1 Å². The molecule has 0 radical (unpaired) electrons. The average Bonchev–Trinajstić information content (AvgIpc) is 3.67. The molecule has 1 saturated heterocycles. The first-order chi connectivity index (χ1) is 18.9. The monoisotopic (exact) mass is 521 g/mol. The summed E-state index contributed by atoms with van der Waals surface area (Å²) in [5, 5.41) is 13.7. The predicted molar refractivity (Wildman–Crippen MR) is 146 cm³/mol. The van der Waals surface area contributed by atoms with Gasteiger partial charge in [-0.15, -0.1) is 0 Å². The topological polar surface area (TPSA) is 109 Å². The molecule has 2 atom stereocenters. The van der Waals surface area contributed by atoms with Crippen LogP contribution in [-0.4, -0.2) is 45.4 Å². The molecule has 1 aliphatic carbocycles. The Morgan fingerprint density at radius 3 is 2.44 bits per heavy atom. The summed E-state index contributed by atoms with van der Waals surface area (Å²) in [7, 11) is 0. The third kappa shape index (κ3) is 4.81. The number of nitrogens with one attached hydrogen (secondary N) is 1. The van der Waals surface area contributed by atoms with Crippen molar-refractivity contribution in [2.24, 2.45) is 5.41 Å². The minimum atomic E-state index is -1.01. The minimum Gasteiger partial charge on any atom is -0.488 e. The molecule has 4 aromatic rings. The van der Waals surface area contributed by atoms with Gasteiger partial charge in [-0.05, 0) is 54.8 Å². The first-order valence-electron chi connectivity index (χ1n) is 13.0. The van der Waals surface area contributed by atoms with Crippen LogP contribution in [0.2, 0.25) is 0 Å². The van der Waals surface area contributed by atoms with E-state index in [-0.39, 0.29) is 30.4 Å². The SMILES string of the molecule is O=C(O)N1CC(Oc2ccc(NC(=O)C3(C(=O)c4ccccc4)CC3)cc2)CC1c1ccc2cccnc2c1. The van der Waals surface area contributed by atoms with Crippen LogP contribution >= 0.6 is 0 Å². The van der Waals surface area contributed by atoms with Crippen molar-refractivity contribution >= 4 is 34.4 Å². The van der Waals surface area contributed by atoms with E-state index in [1.807, 2.05) is 36.4 Å². The highest BCUT2D eigenvalue weighted by molar-refractivity contribution is 6.19. The van der Waals surface area contributed by atoms with Crippen molar-refractivity contribution in [1.29, 1.82) is 0 Å². The van der Waals surface area contributed by atoms with E-state index >= 15 is 0 Å². The van der Waals surface area contributed by atoms with Gasteiger partial charge < -0.3 is 15.2 Å². The fourth-order valence-electron chi connectivity index (χ4n) is 5.31. The lowest BCUT2D eigenvalue weighted by molar-refractivity contribution is -0.119. The highest BCUT2D eigenvalue weighted by Gasteiger charge is 2.56. The van der Waals surface area contributed by atoms with Crippen molar-refractivity contribution in [3.05, 3.63) is 102 Å². The summed E-state index contributed by atoms with van der Waals surface area (Å²) >= 11 is 0. The number of hydrogen-bond donors (Lipinski definition) is 2. The van der Waals surface area contributed by atoms with Crippen LogP contribution in [-0.2, 0) is 4.79 Å². The molecule has 8 heteroatoms. The number of nitrogens with zero attached hydrogens (tertiary/aromatic N) is 2. The number of carbonyl (C=O) groups is 3. The molecule has 0 spiro atoms. The van der Waals surface area contributed by atoms with Gasteiger partial charge in [-0.2, -0.15) is 0 Å². The highest BCUT2D eigenvalue weighted by atomic mass is 16.5. The van der Waals surface area contributed by atoms with Crippen LogP contribution in [0, 0.1) is 5.41 Å². The molecule has 1 aliphatic heterocycles. The molecule has 3 aromatic carbocycles. The number of ether oxygens (including phenoxy) is 1. The van der Waals surface area contributed by atoms with Gasteiger partial charge >= 0.3 is 6.09 Å². The van der Waals surface area contributed by atoms with Gasteiger partial charge in [0.25, 0.3) is 0 Å². The molecule has 1 saturated carbocycles. The van der Waals surface area contributed by atoms with E-state index in [1.165, 1.54) is 4.90 Å². The number of anilines is 1. The van der Waals surface area contributed by atoms with E-state index in [0.29, 0.717) is 36.3 Å². The van der Waals surface area contributed by atoms with Crippen molar-refractivity contribution in [2.75, 3.05) is 11.9 Å². The molecule has 2 heterocycles. The number of rotatable bonds is 7. The van der Waals surface area contributed by atoms with Crippen molar-refractivity contribution in [2.45, 2.75) is 31.4 Å². The van der Waals surface area contributed by atoms with Gasteiger partial charge in [0.15, 0.2) is 5.78 Å². The van der Waals surface area contributed by atoms with Crippen molar-refractivity contribution < 1.29 is 24.2 Å². The highest BCUT2D eigenvalue weighted by Crippen LogP contribution is 2.49. The number of pyridine rings is 1. The maximum Gasteiger partial charge on any atom is 0.407 e. The summed E-state index contributed by atoms with van der Waals surface area (Å²) < 4.78 is 6.14. The second-order valence-corrected chi connectivity index (χ2v) is 10.1. The summed E-state index contributed by atoms with van der Waals surface area (Å²) in [6.45, 7) is 0.239. The summed E-state index contributed by atoms with van der Waals surface area (Å²) in [4.78, 5) is 43.8. The number of amides is 2. The third-order valence-corrected chi connectivity index (χ3v) is 7.59. The first-order valence-corrected chi connectivity index (χ1v) is 13.0. The number of ketones is 1. The second kappa shape index (κ2) is 9.87. The van der Waals surface area contributed by atoms with E-state index in [2.05, 4.69) is 10.3 Å². The Labute approximate surface area is 225 Å². The van der Waals surface area contributed by atoms with Crippen LogP contribution in [0.15, 0.2) is 91.1 Å². The van der Waals surface area contributed by atoms with Gasteiger partial charge in [0, 0.05) is 29.3 Å². The number of likely N-dealkylation sites (tertiary alicyclic amines) is 1. The van der Waals surface area contributed by atoms with Crippen molar-refractivity contribution in [3.63, 3.8) is 0 Å². The van der Waals surface area contributed by atoms with Crippen LogP contribution < -0.4 is 10.1 Å². The maximum absolute atomic E-state index is 13.0. The van der Waals surface area contributed by atoms with E-state index < -0.39 is 11.5 Å². The number of hydrogen-bond acceptors (Lipinski definition) is 5. The van der Waals surface area contributed by atoms with Gasteiger partial charge in [0.1, 0.15) is 17.3 Å². The Hall–Kier alpha value is -4.72. The molecule has 2 unspecified atom stereocenters. The normalized spacial score (nSPS) is 19.4. The van der Waals surface area contributed by atoms with E-state index in [0.717, 1.165) is 16.5 Å². The predicted octanol–water partition coefficient (Wildman–Crippen LogP) is 5.71. The Bertz CT molecular complexity index is 1550. The molecule has 2 fully saturated rings. The molecule has 1 aromatic heterocycles. The Kier molecular flexibility index (Phi) is 6.23. The number of Topliss-reactive ketones (excluding diaryl/α,β-unsaturated/α-hetero) is 1. The molecule has 2 amide bonds. The zero-order valence-corrected chi connectivity index (χ0v) is 21.1. The summed E-state index contributed by atoms with van der Waals surface area (Å²) in [6, 6.07) is 25.2. The van der Waals surface area contributed by atoms with Gasteiger partial charge in [-0.1, -0.05) is 48.5 Å². The fraction of sp³-hybridized carbons (Fsp3) is 0.226. The van der Waals surface area contributed by atoms with Crippen LogP contribution in [0.4, 0.5) is 10.5 Å². The number of fused-ring (bicyclic) bond motifs is 1. The zero-order chi connectivity index (χ0) is 27.0. The summed E-state index contributed by atoms with van der Waals surface area (Å²) in [5.41, 5.74) is 1.81. The number of aromatic nitrogens is 1. The second-order valence-electron chi connectivity index (χ2n) is 10.1. The number of carbonyl (C=O) groups excluding carboxylic acids is 2. The maximum atomic E-state index is 13.0. The Morgan fingerprint density at radius 1 is 0.949 bits per heavy atom. The standard InChI is InChI=1S/C31H27N3O5/c35-28(21-5-2-1-3-6-21)31(14-15-31)29(36)33-23-10-12-24(13-11-23)39-25-18-27(34(19-25)30(37)38)22-9-8-20-7-4-16-32-26(20)17-22/h1-13,16-17,25,27H,14-15,18-19H2,(H,33,36)(H,37,38). The van der Waals surface area contributed by atoms with Crippen LogP contribution in [0.5, 0.6) is 5.75 Å². The van der Waals surface area contributed by atoms with Crippen molar-refractivity contribution in [3.8, 4) is 5.75 Å². The Morgan fingerprint density at radius 2 is 1.72 bits per heavy atom. The Balaban J connectivity index is 1.11. The molecule has 6 rings (SSSR count). The smallest absolute Gasteiger partial charge is 0.407 e. The molecule has 2 N–H and O–H groups in total. The van der Waals surface area contributed by atoms with Crippen LogP contribution in [0.25, 0.3) is 10.9 Å². The average molecular weight is 522 g/mol. The summed E-state index contributed by atoms with van der Waals surface area (Å²) in [5.74, 6) is 0.123. The van der Waals surface area contributed by atoms with E-state index in [1.54, 1.807) is 54.7 Å². The minimum absolute atomic E-state index is 0.151. The molecule has 2 aliphatic rings. The summed E-state index contributed by atoms with van der Waals surface area (Å²) in [6.07, 6.45) is 1.97. The lowest BCUT2D eigenvalue weighted by Crippen LogP contribution is -2.31. The lowest BCUT2D eigenvalue weighted by Gasteiger charge is -2.21. The molecular weight excluding hydrogens is 494 g/mol. The van der Waals surface area contributed by atoms with Crippen LogP contribution in [0.1, 0.15) is 41.2 Å². The van der Waals surface area contributed by atoms with Crippen LogP contribution in [0.3, 0.4) is 0 Å². The van der Waals surface area contributed by atoms with E-state index in [9.17, 15) is 19.5 Å². The molecule has 0 bridgehead atoms. The largest absolute Gasteiger partial charge is 0.488 e. The fourth-order valence-corrected chi connectivity index (χ4v) is 5.31. The molecule has 8 nitrogen and oxygen atoms in total. The van der Waals surface area contributed by atoms with E-state index in [4.69, 9.17) is 4.74 Å². The van der Waals surface area contributed by atoms with Gasteiger partial charge in [-0.25, -0.2) is 4.79 Å². The number of benzene rings is 3. The zero-order valence-electron chi connectivity index (χ0n) is 21.1. The molecular formula is C31H27N3O5. The van der Waals surface area contributed by atoms with Gasteiger partial charge in [-0.3, -0.25) is 19.5 Å². The quantitative estimate of drug-likeness (QED) is 0.238. The molecule has 39 heavy (non-hydrogen) atoms. The molecule has 196 valence electrons.